The number of hydrogen-bond acceptors (Lipinski definition) is 2. The molecule has 0 amide bonds. The number of halogens is 3. The maximum atomic E-state index is 12.4. The van der Waals surface area contributed by atoms with Crippen LogP contribution in [0.25, 0.3) is 0 Å². The van der Waals surface area contributed by atoms with Gasteiger partial charge >= 0.3 is 6.18 Å². The van der Waals surface area contributed by atoms with Crippen molar-refractivity contribution < 1.29 is 13.2 Å². The summed E-state index contributed by atoms with van der Waals surface area (Å²) in [6.07, 6.45) is -3.11. The largest absolute Gasteiger partial charge is 0.433 e. The highest BCUT2D eigenvalue weighted by molar-refractivity contribution is 5.05. The van der Waals surface area contributed by atoms with Gasteiger partial charge in [-0.3, -0.25) is 4.68 Å². The number of nitrogens with zero attached hydrogens (tertiary/aromatic N) is 2. The number of alkyl halides is 3. The molecule has 1 aromatic heterocycles. The van der Waals surface area contributed by atoms with Crippen molar-refractivity contribution in [2.45, 2.75) is 12.7 Å². The van der Waals surface area contributed by atoms with Gasteiger partial charge in [-0.05, 0) is 6.07 Å². The molecule has 2 heterocycles. The van der Waals surface area contributed by atoms with Gasteiger partial charge in [0.2, 0.25) is 0 Å². The Hall–Kier alpha value is -1.04. The SMILES string of the molecule is FC(F)(F)c1ccnn1CC1CNC1. The second-order valence-corrected chi connectivity index (χ2v) is 3.42. The van der Waals surface area contributed by atoms with Gasteiger partial charge in [0, 0.05) is 31.7 Å². The number of hydrogen-bond donors (Lipinski definition) is 1. The van der Waals surface area contributed by atoms with Crippen molar-refractivity contribution in [1.29, 1.82) is 0 Å². The van der Waals surface area contributed by atoms with Crippen LogP contribution in [0.2, 0.25) is 0 Å². The lowest BCUT2D eigenvalue weighted by molar-refractivity contribution is -0.144. The molecular formula is C8H10F3N3. The van der Waals surface area contributed by atoms with Gasteiger partial charge in [-0.1, -0.05) is 0 Å². The highest BCUT2D eigenvalue weighted by Gasteiger charge is 2.35. The Bertz CT molecular complexity index is 314. The van der Waals surface area contributed by atoms with E-state index in [0.717, 1.165) is 23.8 Å². The fraction of sp³-hybridized carbons (Fsp3) is 0.625. The van der Waals surface area contributed by atoms with Crippen LogP contribution in [0.5, 0.6) is 0 Å². The Balaban J connectivity index is 2.12. The highest BCUT2D eigenvalue weighted by atomic mass is 19.4. The fourth-order valence-electron chi connectivity index (χ4n) is 1.44. The zero-order chi connectivity index (χ0) is 10.2. The Morgan fingerprint density at radius 1 is 1.50 bits per heavy atom. The fourth-order valence-corrected chi connectivity index (χ4v) is 1.44. The number of nitrogens with one attached hydrogen (secondary N) is 1. The molecule has 0 saturated carbocycles. The van der Waals surface area contributed by atoms with Crippen LogP contribution in [-0.4, -0.2) is 22.9 Å². The third-order valence-electron chi connectivity index (χ3n) is 2.30. The molecule has 6 heteroatoms. The summed E-state index contributed by atoms with van der Waals surface area (Å²) in [4.78, 5) is 0. The van der Waals surface area contributed by atoms with Crippen LogP contribution in [0.3, 0.4) is 0 Å². The molecule has 0 atom stereocenters. The third kappa shape index (κ3) is 1.75. The van der Waals surface area contributed by atoms with Crippen LogP contribution in [-0.2, 0) is 12.7 Å². The van der Waals surface area contributed by atoms with Gasteiger partial charge in [-0.25, -0.2) is 0 Å². The molecule has 3 nitrogen and oxygen atoms in total. The minimum Gasteiger partial charge on any atom is -0.316 e. The first-order valence-electron chi connectivity index (χ1n) is 4.37. The Kier molecular flexibility index (Phi) is 2.22. The van der Waals surface area contributed by atoms with Crippen LogP contribution in [0.15, 0.2) is 12.3 Å². The standard InChI is InChI=1S/C8H10F3N3/c9-8(10,11)7-1-2-13-14(7)5-6-3-12-4-6/h1-2,6,12H,3-5H2. The molecule has 1 N–H and O–H groups in total. The van der Waals surface area contributed by atoms with Crippen molar-refractivity contribution in [3.8, 4) is 0 Å². The monoisotopic (exact) mass is 205 g/mol. The summed E-state index contributed by atoms with van der Waals surface area (Å²) in [6, 6.07) is 1.01. The Morgan fingerprint density at radius 3 is 2.71 bits per heavy atom. The molecule has 14 heavy (non-hydrogen) atoms. The van der Waals surface area contributed by atoms with Gasteiger partial charge in [0.1, 0.15) is 5.69 Å². The molecule has 1 saturated heterocycles. The second-order valence-electron chi connectivity index (χ2n) is 3.42. The van der Waals surface area contributed by atoms with E-state index in [-0.39, 0.29) is 5.92 Å². The maximum absolute atomic E-state index is 12.4. The first kappa shape index (κ1) is 9.51. The van der Waals surface area contributed by atoms with E-state index in [2.05, 4.69) is 10.4 Å². The average molecular weight is 205 g/mol. The molecule has 1 aromatic rings. The van der Waals surface area contributed by atoms with Crippen LogP contribution < -0.4 is 5.32 Å². The van der Waals surface area contributed by atoms with Crippen molar-refractivity contribution >= 4 is 0 Å². The van der Waals surface area contributed by atoms with Crippen molar-refractivity contribution in [3.05, 3.63) is 18.0 Å². The lowest BCUT2D eigenvalue weighted by Crippen LogP contribution is -2.44. The summed E-state index contributed by atoms with van der Waals surface area (Å²) in [5.74, 6) is 0.274. The van der Waals surface area contributed by atoms with E-state index < -0.39 is 11.9 Å². The molecule has 2 rings (SSSR count). The molecule has 1 aliphatic heterocycles. The highest BCUT2D eigenvalue weighted by Crippen LogP contribution is 2.29. The topological polar surface area (TPSA) is 29.9 Å². The number of aromatic nitrogens is 2. The minimum absolute atomic E-state index is 0.274. The van der Waals surface area contributed by atoms with Gasteiger partial charge in [0.15, 0.2) is 0 Å². The van der Waals surface area contributed by atoms with Gasteiger partial charge < -0.3 is 5.32 Å². The van der Waals surface area contributed by atoms with E-state index in [1.54, 1.807) is 0 Å². The summed E-state index contributed by atoms with van der Waals surface area (Å²) in [7, 11) is 0. The molecule has 1 aliphatic rings. The van der Waals surface area contributed by atoms with Crippen molar-refractivity contribution in [1.82, 2.24) is 15.1 Å². The van der Waals surface area contributed by atoms with Crippen molar-refractivity contribution in [2.75, 3.05) is 13.1 Å². The predicted molar refractivity (Wildman–Crippen MR) is 43.6 cm³/mol. The quantitative estimate of drug-likeness (QED) is 0.784. The summed E-state index contributed by atoms with van der Waals surface area (Å²) < 4.78 is 38.2. The molecule has 0 bridgehead atoms. The van der Waals surface area contributed by atoms with Crippen molar-refractivity contribution in [3.63, 3.8) is 0 Å². The van der Waals surface area contributed by atoms with Crippen LogP contribution in [0, 0.1) is 5.92 Å². The normalized spacial score (nSPS) is 18.2. The smallest absolute Gasteiger partial charge is 0.316 e. The number of rotatable bonds is 2. The second kappa shape index (κ2) is 3.27. The van der Waals surface area contributed by atoms with Gasteiger partial charge in [0.25, 0.3) is 0 Å². The molecular weight excluding hydrogens is 195 g/mol. The molecule has 0 spiro atoms. The summed E-state index contributed by atoms with van der Waals surface area (Å²) >= 11 is 0. The van der Waals surface area contributed by atoms with Gasteiger partial charge in [-0.2, -0.15) is 18.3 Å². The molecule has 0 aromatic carbocycles. The zero-order valence-electron chi connectivity index (χ0n) is 7.38. The summed E-state index contributed by atoms with van der Waals surface area (Å²) in [5.41, 5.74) is -0.663. The van der Waals surface area contributed by atoms with Crippen LogP contribution in [0.1, 0.15) is 5.69 Å². The first-order chi connectivity index (χ1) is 6.57. The lowest BCUT2D eigenvalue weighted by atomic mass is 10.0. The first-order valence-corrected chi connectivity index (χ1v) is 4.37. The van der Waals surface area contributed by atoms with E-state index in [4.69, 9.17) is 0 Å². The van der Waals surface area contributed by atoms with Crippen LogP contribution >= 0.6 is 0 Å². The zero-order valence-corrected chi connectivity index (χ0v) is 7.38. The van der Waals surface area contributed by atoms with Gasteiger partial charge in [0.05, 0.1) is 0 Å². The summed E-state index contributed by atoms with van der Waals surface area (Å²) in [6.45, 7) is 1.89. The lowest BCUT2D eigenvalue weighted by Gasteiger charge is -2.27. The van der Waals surface area contributed by atoms with E-state index in [1.165, 1.54) is 6.20 Å². The predicted octanol–water partition coefficient (Wildman–Crippen LogP) is 1.12. The molecule has 0 radical (unpaired) electrons. The molecule has 1 fully saturated rings. The molecule has 0 unspecified atom stereocenters. The van der Waals surface area contributed by atoms with E-state index in [0.29, 0.717) is 6.54 Å². The van der Waals surface area contributed by atoms with Gasteiger partial charge in [-0.15, -0.1) is 0 Å². The average Bonchev–Trinajstić information content (AvgIpc) is 2.42. The third-order valence-corrected chi connectivity index (χ3v) is 2.30. The Labute approximate surface area is 78.9 Å². The van der Waals surface area contributed by atoms with E-state index in [1.807, 2.05) is 0 Å². The van der Waals surface area contributed by atoms with Crippen LogP contribution in [0.4, 0.5) is 13.2 Å². The summed E-state index contributed by atoms with van der Waals surface area (Å²) in [5, 5.41) is 6.68. The minimum atomic E-state index is -4.30. The van der Waals surface area contributed by atoms with Crippen molar-refractivity contribution in [2.24, 2.45) is 5.92 Å². The molecule has 0 aliphatic carbocycles. The Morgan fingerprint density at radius 2 is 2.21 bits per heavy atom. The maximum Gasteiger partial charge on any atom is 0.433 e. The molecule has 78 valence electrons. The van der Waals surface area contributed by atoms with E-state index in [9.17, 15) is 13.2 Å². The van der Waals surface area contributed by atoms with E-state index >= 15 is 0 Å².